The van der Waals surface area contributed by atoms with Crippen LogP contribution in [-0.4, -0.2) is 43.5 Å². The second-order valence-electron chi connectivity index (χ2n) is 9.09. The number of likely N-dealkylation sites (tertiary alicyclic amines) is 1. The van der Waals surface area contributed by atoms with Crippen molar-refractivity contribution in [1.29, 1.82) is 0 Å². The van der Waals surface area contributed by atoms with Crippen LogP contribution in [0, 0.1) is 0 Å². The predicted molar refractivity (Wildman–Crippen MR) is 130 cm³/mol. The van der Waals surface area contributed by atoms with Crippen LogP contribution in [0.2, 0.25) is 0 Å². The summed E-state index contributed by atoms with van der Waals surface area (Å²) in [7, 11) is 0. The molecule has 2 aromatic carbocycles. The molecule has 4 aromatic rings. The van der Waals surface area contributed by atoms with Gasteiger partial charge in [0, 0.05) is 37.1 Å². The van der Waals surface area contributed by atoms with Crippen molar-refractivity contribution >= 4 is 17.2 Å². The number of nitrogens with one attached hydrogen (secondary N) is 2. The lowest BCUT2D eigenvalue weighted by molar-refractivity contribution is 0.212. The summed E-state index contributed by atoms with van der Waals surface area (Å²) < 4.78 is 1.76. The molecule has 2 aliphatic rings. The molecule has 34 heavy (non-hydrogen) atoms. The van der Waals surface area contributed by atoms with Crippen molar-refractivity contribution in [3.05, 3.63) is 87.8 Å². The number of hydrogen-bond acceptors (Lipinski definition) is 4. The van der Waals surface area contributed by atoms with Gasteiger partial charge in [0.1, 0.15) is 5.52 Å². The van der Waals surface area contributed by atoms with Gasteiger partial charge in [0.25, 0.3) is 5.56 Å². The quantitative estimate of drug-likeness (QED) is 0.491. The fourth-order valence-electron chi connectivity index (χ4n) is 4.96. The van der Waals surface area contributed by atoms with E-state index < -0.39 is 0 Å². The summed E-state index contributed by atoms with van der Waals surface area (Å²) in [6.45, 7) is 4.60. The van der Waals surface area contributed by atoms with E-state index in [2.05, 4.69) is 38.6 Å². The van der Waals surface area contributed by atoms with Crippen LogP contribution in [0.15, 0.2) is 65.6 Å². The Bertz CT molecular complexity index is 1420. The molecule has 0 unspecified atom stereocenters. The lowest BCUT2D eigenvalue weighted by Crippen LogP contribution is -2.30. The monoisotopic (exact) mass is 454 g/mol. The number of benzene rings is 2. The van der Waals surface area contributed by atoms with Crippen molar-refractivity contribution in [3.8, 4) is 11.4 Å². The number of carbonyl (C=O) groups is 1. The molecular weight excluding hydrogens is 428 g/mol. The highest BCUT2D eigenvalue weighted by atomic mass is 16.2. The Balaban J connectivity index is 1.13. The van der Waals surface area contributed by atoms with E-state index in [1.54, 1.807) is 10.5 Å². The molecule has 172 valence electrons. The normalized spacial score (nSPS) is 15.7. The van der Waals surface area contributed by atoms with Crippen LogP contribution < -0.4 is 10.9 Å². The highest BCUT2D eigenvalue weighted by Gasteiger charge is 2.24. The van der Waals surface area contributed by atoms with Crippen molar-refractivity contribution in [2.45, 2.75) is 32.5 Å². The summed E-state index contributed by atoms with van der Waals surface area (Å²) in [6, 6.07) is 17.6. The Labute approximate surface area is 196 Å². The number of carbonyl (C=O) groups excluding carboxylic acids is 1. The lowest BCUT2D eigenvalue weighted by Gasteiger charge is -2.16. The SMILES string of the molecule is O=C(Nc1ccc(-c2n[nH]c(=O)c3cccn23)cc1)N1Cc2ccc(CN3CCCC3)cc2C1. The molecule has 4 heterocycles. The molecule has 2 N–H and O–H groups in total. The van der Waals surface area contributed by atoms with E-state index in [4.69, 9.17) is 0 Å². The molecule has 1 saturated heterocycles. The number of anilines is 1. The summed E-state index contributed by atoms with van der Waals surface area (Å²) in [5.74, 6) is 0.636. The Morgan fingerprint density at radius 1 is 1.00 bits per heavy atom. The van der Waals surface area contributed by atoms with Crippen molar-refractivity contribution in [1.82, 2.24) is 24.4 Å². The van der Waals surface area contributed by atoms with Gasteiger partial charge in [0.15, 0.2) is 5.82 Å². The third kappa shape index (κ3) is 3.86. The fourth-order valence-corrected chi connectivity index (χ4v) is 4.96. The first-order valence-corrected chi connectivity index (χ1v) is 11.7. The van der Waals surface area contributed by atoms with E-state index in [0.717, 1.165) is 12.1 Å². The number of rotatable bonds is 4. The summed E-state index contributed by atoms with van der Waals surface area (Å²) >= 11 is 0. The maximum absolute atomic E-state index is 12.9. The minimum Gasteiger partial charge on any atom is -0.316 e. The molecule has 0 aliphatic carbocycles. The molecule has 0 bridgehead atoms. The molecule has 6 rings (SSSR count). The van der Waals surface area contributed by atoms with Crippen LogP contribution in [0.5, 0.6) is 0 Å². The molecule has 2 aromatic heterocycles. The third-order valence-electron chi connectivity index (χ3n) is 6.75. The number of amides is 2. The molecular formula is C26H26N6O2. The maximum Gasteiger partial charge on any atom is 0.322 e. The van der Waals surface area contributed by atoms with Gasteiger partial charge < -0.3 is 10.2 Å². The van der Waals surface area contributed by atoms with Crippen LogP contribution >= 0.6 is 0 Å². The van der Waals surface area contributed by atoms with Crippen molar-refractivity contribution < 1.29 is 4.79 Å². The maximum atomic E-state index is 12.9. The predicted octanol–water partition coefficient (Wildman–Crippen LogP) is 3.83. The zero-order valence-electron chi connectivity index (χ0n) is 18.8. The summed E-state index contributed by atoms with van der Waals surface area (Å²) in [6.07, 6.45) is 4.39. The van der Waals surface area contributed by atoms with Crippen LogP contribution in [-0.2, 0) is 19.6 Å². The largest absolute Gasteiger partial charge is 0.322 e. The van der Waals surface area contributed by atoms with Gasteiger partial charge in [-0.3, -0.25) is 14.1 Å². The van der Waals surface area contributed by atoms with E-state index in [1.807, 2.05) is 41.4 Å². The van der Waals surface area contributed by atoms with Crippen molar-refractivity contribution in [2.75, 3.05) is 18.4 Å². The van der Waals surface area contributed by atoms with Crippen LogP contribution in [0.3, 0.4) is 0 Å². The van der Waals surface area contributed by atoms with Crippen LogP contribution in [0.4, 0.5) is 10.5 Å². The first kappa shape index (κ1) is 20.7. The number of urea groups is 1. The molecule has 2 aliphatic heterocycles. The van der Waals surface area contributed by atoms with Crippen LogP contribution in [0.1, 0.15) is 29.5 Å². The number of fused-ring (bicyclic) bond motifs is 2. The number of aromatic nitrogens is 3. The highest BCUT2D eigenvalue weighted by Crippen LogP contribution is 2.26. The summed E-state index contributed by atoms with van der Waals surface area (Å²) in [4.78, 5) is 29.2. The molecule has 0 saturated carbocycles. The van der Waals surface area contributed by atoms with Gasteiger partial charge in [-0.15, -0.1) is 0 Å². The number of hydrogen-bond donors (Lipinski definition) is 2. The zero-order valence-corrected chi connectivity index (χ0v) is 18.8. The van der Waals surface area contributed by atoms with E-state index in [0.29, 0.717) is 30.1 Å². The first-order chi connectivity index (χ1) is 16.6. The molecule has 0 radical (unpaired) electrons. The number of nitrogens with zero attached hydrogens (tertiary/aromatic N) is 4. The van der Waals surface area contributed by atoms with E-state index in [1.165, 1.54) is 42.6 Å². The minimum atomic E-state index is -0.229. The second kappa shape index (κ2) is 8.46. The second-order valence-corrected chi connectivity index (χ2v) is 9.09. The topological polar surface area (TPSA) is 85.7 Å². The minimum absolute atomic E-state index is 0.111. The zero-order chi connectivity index (χ0) is 23.1. The van der Waals surface area contributed by atoms with Gasteiger partial charge in [-0.05, 0) is 79.0 Å². The van der Waals surface area contributed by atoms with Gasteiger partial charge in [0.05, 0.1) is 0 Å². The standard InChI is InChI=1S/C26H26N6O2/c33-25-23-4-3-13-32(23)24(28-29-25)19-7-9-22(10-8-19)27-26(34)31-16-20-6-5-18(14-21(20)17-31)15-30-11-1-2-12-30/h3-10,13-14H,1-2,11-12,15-17H2,(H,27,34)(H,29,33). The van der Waals surface area contributed by atoms with E-state index >= 15 is 0 Å². The van der Waals surface area contributed by atoms with Gasteiger partial charge >= 0.3 is 6.03 Å². The molecule has 8 heteroatoms. The van der Waals surface area contributed by atoms with Gasteiger partial charge in [-0.25, -0.2) is 9.89 Å². The fraction of sp³-hybridized carbons (Fsp3) is 0.269. The highest BCUT2D eigenvalue weighted by molar-refractivity contribution is 5.90. The van der Waals surface area contributed by atoms with Crippen LogP contribution in [0.25, 0.3) is 16.9 Å². The molecule has 0 spiro atoms. The summed E-state index contributed by atoms with van der Waals surface area (Å²) in [5, 5.41) is 9.74. The Morgan fingerprint density at radius 2 is 1.79 bits per heavy atom. The van der Waals surface area contributed by atoms with Gasteiger partial charge in [-0.2, -0.15) is 5.10 Å². The van der Waals surface area contributed by atoms with Crippen molar-refractivity contribution in [3.63, 3.8) is 0 Å². The third-order valence-corrected chi connectivity index (χ3v) is 6.75. The average Bonchev–Trinajstić information content (AvgIpc) is 3.61. The molecule has 2 amide bonds. The number of aromatic amines is 1. The Kier molecular flexibility index (Phi) is 5.15. The van der Waals surface area contributed by atoms with E-state index in [-0.39, 0.29) is 11.6 Å². The molecule has 0 atom stereocenters. The number of H-pyrrole nitrogens is 1. The smallest absolute Gasteiger partial charge is 0.316 e. The Morgan fingerprint density at radius 3 is 2.62 bits per heavy atom. The van der Waals surface area contributed by atoms with Crippen molar-refractivity contribution in [2.24, 2.45) is 0 Å². The molecule has 8 nitrogen and oxygen atoms in total. The van der Waals surface area contributed by atoms with Gasteiger partial charge in [-0.1, -0.05) is 18.2 Å². The molecule has 1 fully saturated rings. The first-order valence-electron chi connectivity index (χ1n) is 11.7. The van der Waals surface area contributed by atoms with Gasteiger partial charge in [0.2, 0.25) is 0 Å². The van der Waals surface area contributed by atoms with E-state index in [9.17, 15) is 9.59 Å². The average molecular weight is 455 g/mol. The Hall–Kier alpha value is -3.91. The summed E-state index contributed by atoms with van der Waals surface area (Å²) in [5.41, 5.74) is 5.65. The lowest BCUT2D eigenvalue weighted by atomic mass is 10.1.